The van der Waals surface area contributed by atoms with E-state index in [1.165, 1.54) is 5.56 Å². The number of hydrogen-bond acceptors (Lipinski definition) is 6. The maximum absolute atomic E-state index is 14.1. The number of likely N-dealkylation sites (N-methyl/N-ethyl adjacent to an activating group) is 1. The van der Waals surface area contributed by atoms with Gasteiger partial charge in [0.1, 0.15) is 6.04 Å². The quantitative estimate of drug-likeness (QED) is 0.152. The van der Waals surface area contributed by atoms with E-state index in [-0.39, 0.29) is 31.4 Å². The van der Waals surface area contributed by atoms with Crippen molar-refractivity contribution in [2.75, 3.05) is 39.8 Å². The lowest BCUT2D eigenvalue weighted by Crippen LogP contribution is -2.48. The van der Waals surface area contributed by atoms with Crippen molar-refractivity contribution in [2.24, 2.45) is 0 Å². The van der Waals surface area contributed by atoms with E-state index in [1.807, 2.05) is 53.4 Å². The van der Waals surface area contributed by atoms with Crippen molar-refractivity contribution >= 4 is 35.2 Å². The zero-order valence-corrected chi connectivity index (χ0v) is 31.7. The molecular formula is C44H45ClN6O4. The van der Waals surface area contributed by atoms with Gasteiger partial charge in [-0.25, -0.2) is 0 Å². The Hall–Kier alpha value is -5.87. The third-order valence-electron chi connectivity index (χ3n) is 10.8. The van der Waals surface area contributed by atoms with Gasteiger partial charge in [-0.05, 0) is 101 Å². The number of halogens is 1. The zero-order valence-electron chi connectivity index (χ0n) is 30.9. The molecule has 7 rings (SSSR count). The number of nitrogens with zero attached hydrogens (tertiary/aromatic N) is 2. The Labute approximate surface area is 326 Å². The summed E-state index contributed by atoms with van der Waals surface area (Å²) in [5.74, 6) is -1.06. The molecule has 1 fully saturated rings. The van der Waals surface area contributed by atoms with Crippen LogP contribution in [-0.2, 0) is 27.2 Å². The second-order valence-electron chi connectivity index (χ2n) is 14.4. The first-order valence-electron chi connectivity index (χ1n) is 18.6. The molecule has 4 N–H and O–H groups in total. The van der Waals surface area contributed by atoms with Crippen LogP contribution in [0.15, 0.2) is 109 Å². The van der Waals surface area contributed by atoms with Crippen LogP contribution >= 0.6 is 11.6 Å². The first-order chi connectivity index (χ1) is 26.5. The molecule has 55 heavy (non-hydrogen) atoms. The van der Waals surface area contributed by atoms with Crippen molar-refractivity contribution in [1.82, 2.24) is 31.1 Å². The fourth-order valence-electron chi connectivity index (χ4n) is 7.53. The summed E-state index contributed by atoms with van der Waals surface area (Å²) in [6.07, 6.45) is 3.23. The maximum Gasteiger partial charge on any atom is 0.251 e. The lowest BCUT2D eigenvalue weighted by atomic mass is 9.95. The highest BCUT2D eigenvalue weighted by molar-refractivity contribution is 6.30. The number of nitrogens with one attached hydrogen (secondary N) is 4. The van der Waals surface area contributed by atoms with Gasteiger partial charge in [0.15, 0.2) is 0 Å². The predicted octanol–water partition coefficient (Wildman–Crippen LogP) is 5.38. The smallest absolute Gasteiger partial charge is 0.251 e. The number of carbonyl (C=O) groups excluding carboxylic acids is 4. The second kappa shape index (κ2) is 16.2. The van der Waals surface area contributed by atoms with Crippen LogP contribution in [0.2, 0.25) is 5.02 Å². The molecule has 0 spiro atoms. The molecule has 10 nitrogen and oxygen atoms in total. The summed E-state index contributed by atoms with van der Waals surface area (Å²) in [5.41, 5.74) is 9.68. The molecule has 2 heterocycles. The summed E-state index contributed by atoms with van der Waals surface area (Å²) in [4.78, 5) is 57.0. The average molecular weight is 757 g/mol. The molecule has 11 heteroatoms. The molecule has 0 saturated carbocycles. The van der Waals surface area contributed by atoms with Gasteiger partial charge >= 0.3 is 0 Å². The van der Waals surface area contributed by atoms with Crippen LogP contribution in [0.1, 0.15) is 51.5 Å². The van der Waals surface area contributed by atoms with Gasteiger partial charge < -0.3 is 31.1 Å². The molecule has 4 aromatic rings. The Kier molecular flexibility index (Phi) is 11.1. The van der Waals surface area contributed by atoms with Gasteiger partial charge in [0.05, 0.1) is 25.7 Å². The summed E-state index contributed by atoms with van der Waals surface area (Å²) in [6, 6.07) is 25.8. The van der Waals surface area contributed by atoms with E-state index in [4.69, 9.17) is 11.6 Å². The number of hydrogen-bond donors (Lipinski definition) is 4. The SMILES string of the molecule is C=C(NCC(=O)N1CCCC1)C1Cc2ccc3c(c2)-c2cc(ccc2C3)C(N(C)C(=C)CNC(=O)c2ccc(-c3ccc(Cl)cc3)cc2)C(=O)NCC(=O)N1. The van der Waals surface area contributed by atoms with Crippen LogP contribution in [-0.4, -0.2) is 79.2 Å². The van der Waals surface area contributed by atoms with Crippen LogP contribution in [0.5, 0.6) is 0 Å². The standard InChI is InChI=1S/C44H45ClN6O4/c1-27(24-47-43(54)32-10-8-30(9-11-32)31-14-16-36(45)17-15-31)50(3)42-35-13-12-34-22-33-7-6-29(20-37(33)38(34)23-35)21-39(49-40(52)25-48-44(42)55)28(2)46-26-41(53)51-18-4-5-19-51/h6-17,20,23,39,42,46H,1-2,4-5,18-19,21-22,24-26H2,3H3,(H,47,54)(H,48,55)(H,49,52). The maximum atomic E-state index is 14.1. The highest BCUT2D eigenvalue weighted by Gasteiger charge is 2.30. The van der Waals surface area contributed by atoms with Gasteiger partial charge in [-0.15, -0.1) is 0 Å². The fourth-order valence-corrected chi connectivity index (χ4v) is 7.65. The van der Waals surface area contributed by atoms with Crippen LogP contribution in [0.4, 0.5) is 0 Å². The minimum absolute atomic E-state index is 0.00304. The largest absolute Gasteiger partial charge is 0.378 e. The Morgan fingerprint density at radius 3 is 2.22 bits per heavy atom. The van der Waals surface area contributed by atoms with E-state index in [0.29, 0.717) is 28.4 Å². The predicted molar refractivity (Wildman–Crippen MR) is 215 cm³/mol. The fraction of sp³-hybridized carbons (Fsp3) is 0.273. The van der Waals surface area contributed by atoms with Crippen molar-refractivity contribution in [3.05, 3.63) is 142 Å². The van der Waals surface area contributed by atoms with E-state index in [0.717, 1.165) is 71.3 Å². The first-order valence-corrected chi connectivity index (χ1v) is 19.0. The molecule has 0 aromatic heterocycles. The van der Waals surface area contributed by atoms with Crippen molar-refractivity contribution < 1.29 is 19.2 Å². The summed E-state index contributed by atoms with van der Waals surface area (Å²) in [5, 5.41) is 12.6. The Balaban J connectivity index is 1.08. The van der Waals surface area contributed by atoms with Crippen LogP contribution in [0.3, 0.4) is 0 Å². The molecule has 2 aliphatic heterocycles. The number of carbonyl (C=O) groups is 4. The topological polar surface area (TPSA) is 123 Å². The number of fused-ring (bicyclic) bond motifs is 2. The minimum atomic E-state index is -0.847. The van der Waals surface area contributed by atoms with Gasteiger partial charge in [0.2, 0.25) is 17.7 Å². The second-order valence-corrected chi connectivity index (χ2v) is 14.9. The Morgan fingerprint density at radius 2 is 1.51 bits per heavy atom. The van der Waals surface area contributed by atoms with Gasteiger partial charge in [-0.3, -0.25) is 19.2 Å². The summed E-state index contributed by atoms with van der Waals surface area (Å²) >= 11 is 6.03. The Bertz CT molecular complexity index is 2160. The summed E-state index contributed by atoms with van der Waals surface area (Å²) in [6.45, 7) is 9.86. The first kappa shape index (κ1) is 37.4. The molecule has 3 aliphatic rings. The number of likely N-dealkylation sites (tertiary alicyclic amines) is 1. The molecule has 282 valence electrons. The number of amides is 4. The summed E-state index contributed by atoms with van der Waals surface area (Å²) < 4.78 is 0. The van der Waals surface area contributed by atoms with E-state index in [1.54, 1.807) is 24.1 Å². The number of rotatable bonds is 10. The highest BCUT2D eigenvalue weighted by Crippen LogP contribution is 2.40. The minimum Gasteiger partial charge on any atom is -0.378 e. The molecule has 4 aromatic carbocycles. The van der Waals surface area contributed by atoms with E-state index in [2.05, 4.69) is 58.7 Å². The molecule has 0 radical (unpaired) electrons. The van der Waals surface area contributed by atoms with Gasteiger partial charge in [-0.2, -0.15) is 0 Å². The van der Waals surface area contributed by atoms with Crippen LogP contribution < -0.4 is 21.3 Å². The molecule has 4 bridgehead atoms. The van der Waals surface area contributed by atoms with E-state index >= 15 is 0 Å². The van der Waals surface area contributed by atoms with E-state index in [9.17, 15) is 19.2 Å². The van der Waals surface area contributed by atoms with Crippen LogP contribution in [0.25, 0.3) is 22.3 Å². The lowest BCUT2D eigenvalue weighted by molar-refractivity contribution is -0.129. The zero-order chi connectivity index (χ0) is 38.6. The molecule has 1 aliphatic carbocycles. The van der Waals surface area contributed by atoms with Crippen molar-refractivity contribution in [3.63, 3.8) is 0 Å². The molecule has 2 unspecified atom stereocenters. The summed E-state index contributed by atoms with van der Waals surface area (Å²) in [7, 11) is 1.76. The van der Waals surface area contributed by atoms with Gasteiger partial charge in [0, 0.05) is 42.1 Å². The third kappa shape index (κ3) is 8.44. The third-order valence-corrected chi connectivity index (χ3v) is 11.0. The van der Waals surface area contributed by atoms with Crippen molar-refractivity contribution in [1.29, 1.82) is 0 Å². The number of benzene rings is 4. The average Bonchev–Trinajstić information content (AvgIpc) is 3.87. The van der Waals surface area contributed by atoms with Gasteiger partial charge in [-0.1, -0.05) is 79.4 Å². The van der Waals surface area contributed by atoms with Crippen molar-refractivity contribution in [3.8, 4) is 22.3 Å². The van der Waals surface area contributed by atoms with E-state index < -0.39 is 23.9 Å². The molecular weight excluding hydrogens is 712 g/mol. The van der Waals surface area contributed by atoms with Crippen molar-refractivity contribution in [2.45, 2.75) is 37.8 Å². The molecule has 2 atom stereocenters. The Morgan fingerprint density at radius 1 is 0.855 bits per heavy atom. The lowest BCUT2D eigenvalue weighted by Gasteiger charge is -2.31. The molecule has 1 saturated heterocycles. The van der Waals surface area contributed by atoms with Gasteiger partial charge in [0.25, 0.3) is 5.91 Å². The van der Waals surface area contributed by atoms with Crippen LogP contribution in [0, 0.1) is 0 Å². The monoisotopic (exact) mass is 756 g/mol. The highest BCUT2D eigenvalue weighted by atomic mass is 35.5. The normalized spacial score (nSPS) is 17.5. The molecule has 4 amide bonds.